The van der Waals surface area contributed by atoms with Gasteiger partial charge in [0.05, 0.1) is 17.0 Å². The van der Waals surface area contributed by atoms with Crippen LogP contribution in [0, 0.1) is 0 Å². The molecule has 2 heterocycles. The number of hydrogen-bond acceptors (Lipinski definition) is 5. The van der Waals surface area contributed by atoms with Crippen molar-refractivity contribution in [3.05, 3.63) is 124 Å². The number of carbonyl (C=O) groups excluding carboxylic acids is 1. The van der Waals surface area contributed by atoms with E-state index in [9.17, 15) is 9.59 Å². The molecule has 1 unspecified atom stereocenters. The minimum Gasteiger partial charge on any atom is -0.489 e. The Kier molecular flexibility index (Phi) is 6.18. The van der Waals surface area contributed by atoms with Crippen molar-refractivity contribution in [1.82, 2.24) is 9.80 Å². The molecule has 190 valence electrons. The van der Waals surface area contributed by atoms with E-state index in [0.717, 1.165) is 21.9 Å². The van der Waals surface area contributed by atoms with Crippen LogP contribution < -0.4 is 10.2 Å². The molecule has 1 atom stereocenters. The smallest absolute Gasteiger partial charge is 0.290 e. The Bertz CT molecular complexity index is 1710. The van der Waals surface area contributed by atoms with Crippen LogP contribution >= 0.6 is 0 Å². The van der Waals surface area contributed by atoms with Crippen LogP contribution in [-0.2, 0) is 6.61 Å². The van der Waals surface area contributed by atoms with E-state index in [1.165, 1.54) is 0 Å². The molecule has 0 aliphatic carbocycles. The number of amides is 1. The largest absolute Gasteiger partial charge is 0.489 e. The second-order valence-corrected chi connectivity index (χ2v) is 9.89. The molecule has 4 aromatic carbocycles. The highest BCUT2D eigenvalue weighted by Gasteiger charge is 2.42. The summed E-state index contributed by atoms with van der Waals surface area (Å²) in [5.74, 6) is 0.531. The second kappa shape index (κ2) is 9.80. The first-order chi connectivity index (χ1) is 18.5. The lowest BCUT2D eigenvalue weighted by atomic mass is 9.97. The Morgan fingerprint density at radius 3 is 2.47 bits per heavy atom. The van der Waals surface area contributed by atoms with Crippen LogP contribution in [0.15, 0.2) is 100 Å². The van der Waals surface area contributed by atoms with Gasteiger partial charge < -0.3 is 19.0 Å². The SMILES string of the molecule is CN(C)CCN1C(=O)c2oc3c(ccc4ccccc43)c(=O)c2C1c1cccc(OCc2ccccc2)c1. The number of hydrogen-bond donors (Lipinski definition) is 0. The molecule has 0 saturated heterocycles. The zero-order valence-corrected chi connectivity index (χ0v) is 21.4. The fourth-order valence-corrected chi connectivity index (χ4v) is 5.15. The van der Waals surface area contributed by atoms with Crippen molar-refractivity contribution in [2.24, 2.45) is 0 Å². The van der Waals surface area contributed by atoms with Crippen molar-refractivity contribution in [1.29, 1.82) is 0 Å². The van der Waals surface area contributed by atoms with Gasteiger partial charge in [-0.1, -0.05) is 72.8 Å². The lowest BCUT2D eigenvalue weighted by Crippen LogP contribution is -2.35. The van der Waals surface area contributed by atoms with Gasteiger partial charge in [-0.2, -0.15) is 0 Å². The highest BCUT2D eigenvalue weighted by atomic mass is 16.5. The molecule has 6 nitrogen and oxygen atoms in total. The molecule has 6 rings (SSSR count). The number of nitrogens with zero attached hydrogens (tertiary/aromatic N) is 2. The molecule has 0 radical (unpaired) electrons. The summed E-state index contributed by atoms with van der Waals surface area (Å²) < 4.78 is 12.4. The highest BCUT2D eigenvalue weighted by Crippen LogP contribution is 2.40. The predicted octanol–water partition coefficient (Wildman–Crippen LogP) is 5.63. The molecule has 6 heteroatoms. The van der Waals surface area contributed by atoms with Crippen molar-refractivity contribution in [3.63, 3.8) is 0 Å². The first-order valence-corrected chi connectivity index (χ1v) is 12.7. The Morgan fingerprint density at radius 1 is 0.868 bits per heavy atom. The maximum atomic E-state index is 14.0. The third-order valence-electron chi connectivity index (χ3n) is 7.07. The Morgan fingerprint density at radius 2 is 1.66 bits per heavy atom. The average Bonchev–Trinajstić information content (AvgIpc) is 3.23. The van der Waals surface area contributed by atoms with E-state index in [-0.39, 0.29) is 17.1 Å². The minimum absolute atomic E-state index is 0.123. The van der Waals surface area contributed by atoms with Crippen LogP contribution in [0.1, 0.15) is 33.3 Å². The fraction of sp³-hybridized carbons (Fsp3) is 0.188. The van der Waals surface area contributed by atoms with E-state index in [1.54, 1.807) is 11.0 Å². The number of benzene rings is 4. The van der Waals surface area contributed by atoms with Crippen molar-refractivity contribution < 1.29 is 13.9 Å². The summed E-state index contributed by atoms with van der Waals surface area (Å²) in [4.78, 5) is 31.5. The molecule has 1 aliphatic rings. The Labute approximate surface area is 220 Å². The molecule has 0 bridgehead atoms. The van der Waals surface area contributed by atoms with Crippen molar-refractivity contribution in [3.8, 4) is 5.75 Å². The van der Waals surface area contributed by atoms with Gasteiger partial charge in [0.25, 0.3) is 5.91 Å². The van der Waals surface area contributed by atoms with E-state index in [0.29, 0.717) is 42.0 Å². The summed E-state index contributed by atoms with van der Waals surface area (Å²) in [5.41, 5.74) is 2.54. The first kappa shape index (κ1) is 23.9. The first-order valence-electron chi connectivity index (χ1n) is 12.7. The van der Waals surface area contributed by atoms with Crippen molar-refractivity contribution in [2.75, 3.05) is 27.2 Å². The summed E-state index contributed by atoms with van der Waals surface area (Å²) in [6.07, 6.45) is 0. The van der Waals surface area contributed by atoms with E-state index in [4.69, 9.17) is 9.15 Å². The van der Waals surface area contributed by atoms with E-state index in [2.05, 4.69) is 0 Å². The zero-order chi connectivity index (χ0) is 26.2. The standard InChI is InChI=1S/C32H28N2O4/c1-33(2)17-18-34-28(23-12-8-13-24(19-23)37-20-21-9-4-3-5-10-21)27-29(35)26-16-15-22-11-6-7-14-25(22)30(26)38-31(27)32(34)36/h3-16,19,28H,17-18,20H2,1-2H3. The summed E-state index contributed by atoms with van der Waals surface area (Å²) in [7, 11) is 3.93. The number of carbonyl (C=O) groups is 1. The topological polar surface area (TPSA) is 63.0 Å². The van der Waals surface area contributed by atoms with Crippen LogP contribution in [-0.4, -0.2) is 42.9 Å². The second-order valence-electron chi connectivity index (χ2n) is 9.89. The van der Waals surface area contributed by atoms with Crippen LogP contribution in [0.25, 0.3) is 21.7 Å². The van der Waals surface area contributed by atoms with E-state index >= 15 is 0 Å². The van der Waals surface area contributed by atoms with E-state index < -0.39 is 6.04 Å². The van der Waals surface area contributed by atoms with Crippen molar-refractivity contribution in [2.45, 2.75) is 12.6 Å². The van der Waals surface area contributed by atoms with Gasteiger partial charge >= 0.3 is 0 Å². The van der Waals surface area contributed by atoms with Crippen LogP contribution in [0.2, 0.25) is 0 Å². The van der Waals surface area contributed by atoms with Gasteiger partial charge in [0, 0.05) is 18.5 Å². The summed E-state index contributed by atoms with van der Waals surface area (Å²) in [6, 6.07) is 28.5. The highest BCUT2D eigenvalue weighted by molar-refractivity contribution is 6.06. The lowest BCUT2D eigenvalue weighted by Gasteiger charge is -2.26. The Hall–Kier alpha value is -4.42. The third-order valence-corrected chi connectivity index (χ3v) is 7.07. The predicted molar refractivity (Wildman–Crippen MR) is 149 cm³/mol. The molecule has 1 aliphatic heterocycles. The van der Waals surface area contributed by atoms with Crippen LogP contribution in [0.3, 0.4) is 0 Å². The third kappa shape index (κ3) is 4.23. The summed E-state index contributed by atoms with van der Waals surface area (Å²) in [6.45, 7) is 1.53. The Balaban J connectivity index is 1.47. The number of fused-ring (bicyclic) bond motifs is 4. The van der Waals surface area contributed by atoms with Gasteiger partial charge in [-0.15, -0.1) is 0 Å². The fourth-order valence-electron chi connectivity index (χ4n) is 5.15. The molecular formula is C32H28N2O4. The lowest BCUT2D eigenvalue weighted by molar-refractivity contribution is 0.0716. The maximum Gasteiger partial charge on any atom is 0.290 e. The van der Waals surface area contributed by atoms with Crippen LogP contribution in [0.4, 0.5) is 0 Å². The monoisotopic (exact) mass is 504 g/mol. The number of ether oxygens (including phenoxy) is 1. The molecule has 1 aromatic heterocycles. The summed E-state index contributed by atoms with van der Waals surface area (Å²) in [5, 5.41) is 2.25. The van der Waals surface area contributed by atoms with Gasteiger partial charge in [-0.3, -0.25) is 9.59 Å². The van der Waals surface area contributed by atoms with Gasteiger partial charge in [-0.25, -0.2) is 0 Å². The molecule has 0 saturated carbocycles. The van der Waals surface area contributed by atoms with Crippen molar-refractivity contribution >= 4 is 27.6 Å². The minimum atomic E-state index is -0.565. The molecular weight excluding hydrogens is 476 g/mol. The molecule has 0 fully saturated rings. The molecule has 5 aromatic rings. The van der Waals surface area contributed by atoms with Gasteiger partial charge in [0.2, 0.25) is 5.76 Å². The molecule has 0 N–H and O–H groups in total. The molecule has 1 amide bonds. The molecule has 38 heavy (non-hydrogen) atoms. The van der Waals surface area contributed by atoms with Gasteiger partial charge in [0.15, 0.2) is 5.43 Å². The van der Waals surface area contributed by atoms with Crippen LogP contribution in [0.5, 0.6) is 5.75 Å². The maximum absolute atomic E-state index is 14.0. The zero-order valence-electron chi connectivity index (χ0n) is 21.4. The normalized spacial score (nSPS) is 15.0. The molecule has 0 spiro atoms. The quantitative estimate of drug-likeness (QED) is 0.269. The van der Waals surface area contributed by atoms with Gasteiger partial charge in [0.1, 0.15) is 17.9 Å². The average molecular weight is 505 g/mol. The number of likely N-dealkylation sites (N-methyl/N-ethyl adjacent to an activating group) is 1. The van der Waals surface area contributed by atoms with E-state index in [1.807, 2.05) is 104 Å². The summed E-state index contributed by atoms with van der Waals surface area (Å²) >= 11 is 0. The number of rotatable bonds is 7. The van der Waals surface area contributed by atoms with Gasteiger partial charge in [-0.05, 0) is 48.8 Å².